The van der Waals surface area contributed by atoms with Crippen LogP contribution in [0.3, 0.4) is 0 Å². The summed E-state index contributed by atoms with van der Waals surface area (Å²) in [4.78, 5) is 10.9. The van der Waals surface area contributed by atoms with E-state index in [9.17, 15) is 9.18 Å². The Morgan fingerprint density at radius 3 is 2.50 bits per heavy atom. The average Bonchev–Trinajstić information content (AvgIpc) is 2.11. The molecule has 0 radical (unpaired) electrons. The van der Waals surface area contributed by atoms with Crippen LogP contribution in [0, 0.1) is 12.7 Å². The molecule has 1 rings (SSSR count). The van der Waals surface area contributed by atoms with Crippen LogP contribution in [0.25, 0.3) is 6.08 Å². The second kappa shape index (κ2) is 4.18. The first-order valence-corrected chi connectivity index (χ1v) is 4.46. The van der Waals surface area contributed by atoms with Gasteiger partial charge in [0.2, 0.25) is 0 Å². The van der Waals surface area contributed by atoms with Gasteiger partial charge in [-0.05, 0) is 49.6 Å². The number of halogens is 1. The predicted molar refractivity (Wildman–Crippen MR) is 55.5 cm³/mol. The number of Topliss-reactive ketones (excluding diaryl/α,β-unsaturated/α-hetero) is 1. The molecule has 74 valence electrons. The molecule has 0 saturated carbocycles. The molecule has 0 spiro atoms. The summed E-state index contributed by atoms with van der Waals surface area (Å²) in [7, 11) is 0. The molecule has 0 fully saturated rings. The van der Waals surface area contributed by atoms with Crippen molar-refractivity contribution < 1.29 is 9.18 Å². The normalized spacial score (nSPS) is 11.6. The summed E-state index contributed by atoms with van der Waals surface area (Å²) in [6, 6.07) is 4.93. The number of carbonyl (C=O) groups excluding carboxylic acids is 1. The van der Waals surface area contributed by atoms with E-state index in [4.69, 9.17) is 0 Å². The van der Waals surface area contributed by atoms with E-state index in [1.807, 2.05) is 0 Å². The van der Waals surface area contributed by atoms with E-state index in [0.29, 0.717) is 11.1 Å². The second-order valence-electron chi connectivity index (χ2n) is 3.39. The minimum atomic E-state index is -0.241. The number of hydrogen-bond acceptors (Lipinski definition) is 1. The highest BCUT2D eigenvalue weighted by atomic mass is 19.1. The Labute approximate surface area is 83.3 Å². The molecular formula is C12H13FO. The van der Waals surface area contributed by atoms with Crippen LogP contribution in [-0.2, 0) is 4.79 Å². The summed E-state index contributed by atoms with van der Waals surface area (Å²) in [5.74, 6) is -0.235. The Bertz CT molecular complexity index is 391. The zero-order valence-electron chi connectivity index (χ0n) is 8.60. The van der Waals surface area contributed by atoms with E-state index in [0.717, 1.165) is 5.56 Å². The molecule has 1 aromatic carbocycles. The van der Waals surface area contributed by atoms with Gasteiger partial charge in [0.05, 0.1) is 0 Å². The third-order valence-electron chi connectivity index (χ3n) is 2.13. The summed E-state index contributed by atoms with van der Waals surface area (Å²) < 4.78 is 13.1. The molecule has 1 nitrogen and oxygen atoms in total. The van der Waals surface area contributed by atoms with Gasteiger partial charge >= 0.3 is 0 Å². The summed E-state index contributed by atoms with van der Waals surface area (Å²) in [6.45, 7) is 4.93. The van der Waals surface area contributed by atoms with E-state index in [-0.39, 0.29) is 11.6 Å². The predicted octanol–water partition coefficient (Wildman–Crippen LogP) is 3.13. The first-order chi connectivity index (χ1) is 6.50. The third-order valence-corrected chi connectivity index (χ3v) is 2.13. The lowest BCUT2D eigenvalue weighted by Gasteiger charge is -1.99. The highest BCUT2D eigenvalue weighted by Gasteiger charge is 1.99. The number of ketones is 1. The van der Waals surface area contributed by atoms with Crippen LogP contribution in [0.4, 0.5) is 4.39 Å². The van der Waals surface area contributed by atoms with Crippen LogP contribution >= 0.6 is 0 Å². The van der Waals surface area contributed by atoms with Crippen molar-refractivity contribution in [2.75, 3.05) is 0 Å². The quantitative estimate of drug-likeness (QED) is 0.658. The second-order valence-corrected chi connectivity index (χ2v) is 3.39. The topological polar surface area (TPSA) is 17.1 Å². The number of rotatable bonds is 2. The Balaban J connectivity index is 3.04. The van der Waals surface area contributed by atoms with E-state index < -0.39 is 0 Å². The monoisotopic (exact) mass is 192 g/mol. The fourth-order valence-corrected chi connectivity index (χ4v) is 1.05. The van der Waals surface area contributed by atoms with Gasteiger partial charge in [-0.1, -0.05) is 12.1 Å². The van der Waals surface area contributed by atoms with Gasteiger partial charge in [0.15, 0.2) is 5.78 Å². The van der Waals surface area contributed by atoms with Crippen LogP contribution in [0.1, 0.15) is 25.0 Å². The Morgan fingerprint density at radius 1 is 1.36 bits per heavy atom. The van der Waals surface area contributed by atoms with E-state index in [1.54, 1.807) is 32.1 Å². The number of benzene rings is 1. The molecule has 0 N–H and O–H groups in total. The first-order valence-electron chi connectivity index (χ1n) is 4.46. The van der Waals surface area contributed by atoms with Gasteiger partial charge in [-0.2, -0.15) is 0 Å². The molecule has 0 heterocycles. The van der Waals surface area contributed by atoms with Crippen molar-refractivity contribution >= 4 is 11.9 Å². The molecule has 0 unspecified atom stereocenters. The summed E-state index contributed by atoms with van der Waals surface area (Å²) >= 11 is 0. The standard InChI is InChI=1S/C12H13FO/c1-8-4-5-11(7-12(8)13)6-9(2)10(3)14/h4-7H,1-3H3/b9-6+. The summed E-state index contributed by atoms with van der Waals surface area (Å²) in [5, 5.41) is 0. The fourth-order valence-electron chi connectivity index (χ4n) is 1.05. The lowest BCUT2D eigenvalue weighted by molar-refractivity contribution is -0.113. The highest BCUT2D eigenvalue weighted by Crippen LogP contribution is 2.12. The third kappa shape index (κ3) is 2.52. The van der Waals surface area contributed by atoms with Crippen LogP contribution in [0.15, 0.2) is 23.8 Å². The molecule has 1 aromatic rings. The van der Waals surface area contributed by atoms with Crippen molar-refractivity contribution in [3.8, 4) is 0 Å². The van der Waals surface area contributed by atoms with Crippen LogP contribution in [0.2, 0.25) is 0 Å². The Morgan fingerprint density at radius 2 is 2.00 bits per heavy atom. The van der Waals surface area contributed by atoms with E-state index in [2.05, 4.69) is 0 Å². The summed E-state index contributed by atoms with van der Waals surface area (Å²) in [6.07, 6.45) is 1.69. The van der Waals surface area contributed by atoms with Crippen LogP contribution in [0.5, 0.6) is 0 Å². The van der Waals surface area contributed by atoms with Crippen LogP contribution in [-0.4, -0.2) is 5.78 Å². The minimum absolute atomic E-state index is 0.00554. The smallest absolute Gasteiger partial charge is 0.155 e. The molecular weight excluding hydrogens is 179 g/mol. The van der Waals surface area contributed by atoms with Gasteiger partial charge in [-0.3, -0.25) is 4.79 Å². The van der Waals surface area contributed by atoms with Crippen molar-refractivity contribution in [1.29, 1.82) is 0 Å². The lowest BCUT2D eigenvalue weighted by atomic mass is 10.1. The maximum atomic E-state index is 13.1. The van der Waals surface area contributed by atoms with Crippen molar-refractivity contribution in [2.45, 2.75) is 20.8 Å². The maximum absolute atomic E-state index is 13.1. The van der Waals surface area contributed by atoms with Gasteiger partial charge in [0.1, 0.15) is 5.82 Å². The molecule has 0 saturated heterocycles. The number of allylic oxidation sites excluding steroid dienone is 1. The molecule has 14 heavy (non-hydrogen) atoms. The number of aryl methyl sites for hydroxylation is 1. The average molecular weight is 192 g/mol. The Hall–Kier alpha value is -1.44. The highest BCUT2D eigenvalue weighted by molar-refractivity contribution is 5.97. The van der Waals surface area contributed by atoms with Crippen LogP contribution < -0.4 is 0 Å². The molecule has 0 aliphatic heterocycles. The van der Waals surface area contributed by atoms with E-state index in [1.165, 1.54) is 13.0 Å². The minimum Gasteiger partial charge on any atom is -0.295 e. The maximum Gasteiger partial charge on any atom is 0.155 e. The van der Waals surface area contributed by atoms with Gasteiger partial charge in [-0.15, -0.1) is 0 Å². The van der Waals surface area contributed by atoms with Crippen molar-refractivity contribution in [3.63, 3.8) is 0 Å². The van der Waals surface area contributed by atoms with E-state index >= 15 is 0 Å². The molecule has 0 amide bonds. The Kier molecular flexibility index (Phi) is 3.18. The largest absolute Gasteiger partial charge is 0.295 e. The van der Waals surface area contributed by atoms with Gasteiger partial charge < -0.3 is 0 Å². The van der Waals surface area contributed by atoms with Gasteiger partial charge in [0, 0.05) is 0 Å². The van der Waals surface area contributed by atoms with Crippen molar-refractivity contribution in [2.24, 2.45) is 0 Å². The SMILES string of the molecule is CC(=O)/C(C)=C/c1ccc(C)c(F)c1. The molecule has 0 aliphatic carbocycles. The summed E-state index contributed by atoms with van der Waals surface area (Å²) in [5.41, 5.74) is 1.97. The van der Waals surface area contributed by atoms with Gasteiger partial charge in [-0.25, -0.2) is 4.39 Å². The zero-order chi connectivity index (χ0) is 10.7. The lowest BCUT2D eigenvalue weighted by Crippen LogP contribution is -1.91. The first kappa shape index (κ1) is 10.6. The zero-order valence-corrected chi connectivity index (χ0v) is 8.60. The van der Waals surface area contributed by atoms with Crippen molar-refractivity contribution in [1.82, 2.24) is 0 Å². The molecule has 0 bridgehead atoms. The van der Waals surface area contributed by atoms with Gasteiger partial charge in [0.25, 0.3) is 0 Å². The molecule has 0 aromatic heterocycles. The number of carbonyl (C=O) groups is 1. The van der Waals surface area contributed by atoms with Crippen molar-refractivity contribution in [3.05, 3.63) is 40.7 Å². The molecule has 0 atom stereocenters. The molecule has 2 heteroatoms. The molecule has 0 aliphatic rings. The fraction of sp³-hybridized carbons (Fsp3) is 0.250. The number of hydrogen-bond donors (Lipinski definition) is 0.